The number of unbranched alkanes of at least 4 members (excludes halogenated alkanes) is 1. The van der Waals surface area contributed by atoms with Gasteiger partial charge in [-0.05, 0) is 13.3 Å². The molecule has 0 saturated heterocycles. The van der Waals surface area contributed by atoms with Crippen LogP contribution in [0.25, 0.3) is 0 Å². The third kappa shape index (κ3) is 3.61. The van der Waals surface area contributed by atoms with Gasteiger partial charge in [0.2, 0.25) is 0 Å². The molecule has 0 unspecified atom stereocenters. The van der Waals surface area contributed by atoms with E-state index in [4.69, 9.17) is 10.5 Å². The van der Waals surface area contributed by atoms with Crippen LogP contribution in [0.3, 0.4) is 0 Å². The summed E-state index contributed by atoms with van der Waals surface area (Å²) in [6.07, 6.45) is 3.64. The molecule has 2 N–H and O–H groups in total. The second-order valence-electron chi connectivity index (χ2n) is 3.47. The molecule has 0 amide bonds. The smallest absolute Gasteiger partial charge is 0.327 e. The maximum absolute atomic E-state index is 11.3. The first-order valence-electron chi connectivity index (χ1n) is 5.08. The number of anilines is 1. The molecular formula is C10H17N3O2. The van der Waals surface area contributed by atoms with Crippen LogP contribution in [0.5, 0.6) is 0 Å². The van der Waals surface area contributed by atoms with Crippen LogP contribution < -0.4 is 5.73 Å². The van der Waals surface area contributed by atoms with E-state index in [-0.39, 0.29) is 12.5 Å². The van der Waals surface area contributed by atoms with Crippen molar-refractivity contribution in [3.63, 3.8) is 0 Å². The molecule has 1 heterocycles. The van der Waals surface area contributed by atoms with Crippen molar-refractivity contribution in [1.82, 2.24) is 9.78 Å². The van der Waals surface area contributed by atoms with E-state index >= 15 is 0 Å². The lowest BCUT2D eigenvalue weighted by atomic mass is 10.4. The number of hydrogen-bond donors (Lipinski definition) is 1. The molecule has 0 aliphatic carbocycles. The van der Waals surface area contributed by atoms with Gasteiger partial charge >= 0.3 is 5.97 Å². The van der Waals surface area contributed by atoms with Crippen LogP contribution in [0.1, 0.15) is 25.3 Å². The summed E-state index contributed by atoms with van der Waals surface area (Å²) in [4.78, 5) is 11.3. The molecule has 1 aromatic heterocycles. The van der Waals surface area contributed by atoms with E-state index < -0.39 is 0 Å². The van der Waals surface area contributed by atoms with Gasteiger partial charge in [0.1, 0.15) is 12.4 Å². The molecule has 5 heteroatoms. The van der Waals surface area contributed by atoms with Gasteiger partial charge in [-0.15, -0.1) is 0 Å². The van der Waals surface area contributed by atoms with Gasteiger partial charge in [-0.2, -0.15) is 5.10 Å². The second-order valence-corrected chi connectivity index (χ2v) is 3.47. The summed E-state index contributed by atoms with van der Waals surface area (Å²) in [6.45, 7) is 4.50. The van der Waals surface area contributed by atoms with Gasteiger partial charge in [0, 0.05) is 11.8 Å². The molecule has 0 aliphatic rings. The van der Waals surface area contributed by atoms with Crippen molar-refractivity contribution in [2.75, 3.05) is 12.3 Å². The highest BCUT2D eigenvalue weighted by Crippen LogP contribution is 2.05. The molecule has 0 fully saturated rings. The predicted octanol–water partition coefficient (Wildman–Crippen LogP) is 1.12. The zero-order chi connectivity index (χ0) is 11.3. The monoisotopic (exact) mass is 211 g/mol. The van der Waals surface area contributed by atoms with E-state index in [0.29, 0.717) is 12.4 Å². The minimum absolute atomic E-state index is 0.127. The molecule has 0 radical (unpaired) electrons. The lowest BCUT2D eigenvalue weighted by Crippen LogP contribution is -2.14. The summed E-state index contributed by atoms with van der Waals surface area (Å²) in [6, 6.07) is 0. The van der Waals surface area contributed by atoms with Crippen molar-refractivity contribution in [2.45, 2.75) is 33.2 Å². The molecule has 0 aliphatic heterocycles. The number of nitrogen functional groups attached to an aromatic ring is 1. The van der Waals surface area contributed by atoms with Crippen molar-refractivity contribution >= 4 is 11.8 Å². The van der Waals surface area contributed by atoms with Crippen LogP contribution in [0, 0.1) is 6.92 Å². The molecule has 0 atom stereocenters. The van der Waals surface area contributed by atoms with Crippen molar-refractivity contribution in [1.29, 1.82) is 0 Å². The van der Waals surface area contributed by atoms with Gasteiger partial charge in [0.25, 0.3) is 0 Å². The maximum Gasteiger partial charge on any atom is 0.327 e. The number of esters is 1. The number of nitrogens with two attached hydrogens (primary N) is 1. The van der Waals surface area contributed by atoms with Gasteiger partial charge in [-0.1, -0.05) is 13.3 Å². The number of carbonyl (C=O) groups is 1. The highest BCUT2D eigenvalue weighted by molar-refractivity contribution is 5.69. The normalized spacial score (nSPS) is 10.3. The van der Waals surface area contributed by atoms with E-state index in [1.807, 2.05) is 13.8 Å². The Hall–Kier alpha value is -1.52. The van der Waals surface area contributed by atoms with Gasteiger partial charge < -0.3 is 10.5 Å². The van der Waals surface area contributed by atoms with Crippen LogP contribution >= 0.6 is 0 Å². The molecule has 0 saturated carbocycles. The minimum atomic E-state index is -0.272. The number of aryl methyl sites for hydroxylation is 1. The third-order valence-electron chi connectivity index (χ3n) is 2.03. The van der Waals surface area contributed by atoms with Crippen LogP contribution in [-0.2, 0) is 16.1 Å². The second kappa shape index (κ2) is 5.38. The van der Waals surface area contributed by atoms with E-state index in [0.717, 1.165) is 18.4 Å². The molecule has 5 nitrogen and oxygen atoms in total. The van der Waals surface area contributed by atoms with Gasteiger partial charge in [0.15, 0.2) is 0 Å². The number of ether oxygens (including phenoxy) is 1. The fourth-order valence-electron chi connectivity index (χ4n) is 1.13. The van der Waals surface area contributed by atoms with Crippen LogP contribution in [-0.4, -0.2) is 22.4 Å². The lowest BCUT2D eigenvalue weighted by Gasteiger charge is -2.03. The number of carbonyl (C=O) groups excluding carboxylic acids is 1. The Morgan fingerprint density at radius 3 is 2.93 bits per heavy atom. The highest BCUT2D eigenvalue weighted by Gasteiger charge is 2.06. The van der Waals surface area contributed by atoms with E-state index in [2.05, 4.69) is 5.10 Å². The van der Waals surface area contributed by atoms with E-state index in [1.54, 1.807) is 6.20 Å². The van der Waals surface area contributed by atoms with Gasteiger partial charge in [0.05, 0.1) is 6.61 Å². The van der Waals surface area contributed by atoms with Gasteiger partial charge in [-0.25, -0.2) is 0 Å². The number of rotatable bonds is 5. The summed E-state index contributed by atoms with van der Waals surface area (Å²) in [5, 5.41) is 3.97. The molecule has 15 heavy (non-hydrogen) atoms. The standard InChI is InChI=1S/C10H17N3O2/c1-3-4-5-15-9(14)7-13-6-8(2)10(11)12-13/h6H,3-5,7H2,1-2H3,(H2,11,12). The number of aromatic nitrogens is 2. The van der Waals surface area contributed by atoms with Crippen LogP contribution in [0.2, 0.25) is 0 Å². The Morgan fingerprint density at radius 1 is 1.67 bits per heavy atom. The fraction of sp³-hybridized carbons (Fsp3) is 0.600. The Balaban J connectivity index is 2.37. The lowest BCUT2D eigenvalue weighted by molar-refractivity contribution is -0.144. The van der Waals surface area contributed by atoms with Crippen LogP contribution in [0.15, 0.2) is 6.20 Å². The van der Waals surface area contributed by atoms with Gasteiger partial charge in [-0.3, -0.25) is 9.48 Å². The molecular weight excluding hydrogens is 194 g/mol. The highest BCUT2D eigenvalue weighted by atomic mass is 16.5. The Kier molecular flexibility index (Phi) is 4.15. The summed E-state index contributed by atoms with van der Waals surface area (Å²) >= 11 is 0. The molecule has 0 bridgehead atoms. The SMILES string of the molecule is CCCCOC(=O)Cn1cc(C)c(N)n1. The average molecular weight is 211 g/mol. The molecule has 1 rings (SSSR count). The zero-order valence-corrected chi connectivity index (χ0v) is 9.19. The predicted molar refractivity (Wildman–Crippen MR) is 57.2 cm³/mol. The van der Waals surface area contributed by atoms with Crippen LogP contribution in [0.4, 0.5) is 5.82 Å². The largest absolute Gasteiger partial charge is 0.464 e. The first-order chi connectivity index (χ1) is 7.13. The third-order valence-corrected chi connectivity index (χ3v) is 2.03. The first kappa shape index (κ1) is 11.6. The number of hydrogen-bond acceptors (Lipinski definition) is 4. The minimum Gasteiger partial charge on any atom is -0.464 e. The molecule has 1 aromatic rings. The topological polar surface area (TPSA) is 70.1 Å². The fourth-order valence-corrected chi connectivity index (χ4v) is 1.13. The summed E-state index contributed by atoms with van der Waals surface area (Å²) < 4.78 is 6.49. The maximum atomic E-state index is 11.3. The summed E-state index contributed by atoms with van der Waals surface area (Å²) in [5.41, 5.74) is 6.43. The van der Waals surface area contributed by atoms with Crippen molar-refractivity contribution in [2.24, 2.45) is 0 Å². The Labute approximate surface area is 89.2 Å². The Morgan fingerprint density at radius 2 is 2.40 bits per heavy atom. The molecule has 84 valence electrons. The molecule has 0 spiro atoms. The Bertz CT molecular complexity index is 314. The quantitative estimate of drug-likeness (QED) is 0.585. The summed E-state index contributed by atoms with van der Waals surface area (Å²) in [7, 11) is 0. The van der Waals surface area contributed by atoms with E-state index in [9.17, 15) is 4.79 Å². The summed E-state index contributed by atoms with van der Waals surface area (Å²) in [5.74, 6) is 0.183. The van der Waals surface area contributed by atoms with Crippen molar-refractivity contribution < 1.29 is 9.53 Å². The zero-order valence-electron chi connectivity index (χ0n) is 9.19. The van der Waals surface area contributed by atoms with Crippen molar-refractivity contribution in [3.8, 4) is 0 Å². The number of nitrogens with zero attached hydrogens (tertiary/aromatic N) is 2. The van der Waals surface area contributed by atoms with Crippen molar-refractivity contribution in [3.05, 3.63) is 11.8 Å². The first-order valence-corrected chi connectivity index (χ1v) is 5.08. The van der Waals surface area contributed by atoms with E-state index in [1.165, 1.54) is 4.68 Å². The molecule has 0 aromatic carbocycles. The average Bonchev–Trinajstić information content (AvgIpc) is 2.46.